The van der Waals surface area contributed by atoms with Gasteiger partial charge >= 0.3 is 0 Å². The molecular formula is C20H25NO2. The van der Waals surface area contributed by atoms with Crippen LogP contribution in [0.4, 0.5) is 5.69 Å². The zero-order chi connectivity index (χ0) is 16.8. The first-order valence-electron chi connectivity index (χ1n) is 8.15. The van der Waals surface area contributed by atoms with Crippen molar-refractivity contribution in [2.45, 2.75) is 47.1 Å². The Balaban J connectivity index is 2.17. The lowest BCUT2D eigenvalue weighted by atomic mass is 10.1. The van der Waals surface area contributed by atoms with Crippen molar-refractivity contribution in [3.63, 3.8) is 0 Å². The van der Waals surface area contributed by atoms with Crippen LogP contribution in [0.3, 0.4) is 0 Å². The number of amides is 1. The van der Waals surface area contributed by atoms with Crippen LogP contribution in [0.1, 0.15) is 42.5 Å². The lowest BCUT2D eigenvalue weighted by molar-refractivity contribution is -0.115. The van der Waals surface area contributed by atoms with Gasteiger partial charge in [-0.15, -0.1) is 0 Å². The van der Waals surface area contributed by atoms with Crippen LogP contribution in [-0.4, -0.2) is 5.91 Å². The van der Waals surface area contributed by atoms with Gasteiger partial charge in [0.15, 0.2) is 0 Å². The molecule has 3 heteroatoms. The lowest BCUT2D eigenvalue weighted by Gasteiger charge is -2.15. The number of aryl methyl sites for hydroxylation is 3. The van der Waals surface area contributed by atoms with Crippen LogP contribution >= 0.6 is 0 Å². The van der Waals surface area contributed by atoms with E-state index in [-0.39, 0.29) is 5.91 Å². The Hall–Kier alpha value is -2.29. The molecule has 2 aromatic carbocycles. The van der Waals surface area contributed by atoms with Crippen molar-refractivity contribution in [3.8, 4) is 5.75 Å². The fourth-order valence-corrected chi connectivity index (χ4v) is 2.50. The topological polar surface area (TPSA) is 38.3 Å². The molecule has 2 aromatic rings. The molecule has 0 fully saturated rings. The molecule has 0 aliphatic heterocycles. The van der Waals surface area contributed by atoms with Gasteiger partial charge in [-0.05, 0) is 43.0 Å². The van der Waals surface area contributed by atoms with Gasteiger partial charge in [0, 0.05) is 12.0 Å². The van der Waals surface area contributed by atoms with Gasteiger partial charge < -0.3 is 10.1 Å². The van der Waals surface area contributed by atoms with Crippen molar-refractivity contribution in [2.24, 2.45) is 0 Å². The van der Waals surface area contributed by atoms with Crippen molar-refractivity contribution in [1.82, 2.24) is 0 Å². The fourth-order valence-electron chi connectivity index (χ4n) is 2.50. The second kappa shape index (κ2) is 7.82. The molecule has 0 saturated heterocycles. The highest BCUT2D eigenvalue weighted by Gasteiger charge is 2.10. The van der Waals surface area contributed by atoms with E-state index in [1.165, 1.54) is 5.56 Å². The third kappa shape index (κ3) is 4.35. The maximum absolute atomic E-state index is 11.7. The molecule has 0 unspecified atom stereocenters. The summed E-state index contributed by atoms with van der Waals surface area (Å²) in [6.07, 6.45) is 1.48. The summed E-state index contributed by atoms with van der Waals surface area (Å²) in [5.41, 5.74) is 5.34. The van der Waals surface area contributed by atoms with Crippen LogP contribution < -0.4 is 10.1 Å². The number of benzene rings is 2. The minimum absolute atomic E-state index is 0.0176. The van der Waals surface area contributed by atoms with Gasteiger partial charge in [-0.3, -0.25) is 4.79 Å². The normalized spacial score (nSPS) is 10.4. The molecule has 0 spiro atoms. The highest BCUT2D eigenvalue weighted by atomic mass is 16.5. The van der Waals surface area contributed by atoms with Crippen molar-refractivity contribution in [2.75, 3.05) is 5.32 Å². The molecule has 1 N–H and O–H groups in total. The molecule has 3 nitrogen and oxygen atoms in total. The van der Waals surface area contributed by atoms with Crippen molar-refractivity contribution < 1.29 is 9.53 Å². The number of hydrogen-bond donors (Lipinski definition) is 1. The number of ether oxygens (including phenoxy) is 1. The van der Waals surface area contributed by atoms with Gasteiger partial charge in [0.25, 0.3) is 0 Å². The van der Waals surface area contributed by atoms with Gasteiger partial charge in [-0.25, -0.2) is 0 Å². The second-order valence-corrected chi connectivity index (χ2v) is 5.75. The summed E-state index contributed by atoms with van der Waals surface area (Å²) < 4.78 is 5.98. The Labute approximate surface area is 138 Å². The summed E-state index contributed by atoms with van der Waals surface area (Å²) in [6, 6.07) is 12.3. The van der Waals surface area contributed by atoms with Crippen LogP contribution in [0.2, 0.25) is 0 Å². The Morgan fingerprint density at radius 2 is 1.87 bits per heavy atom. The highest BCUT2D eigenvalue weighted by Crippen LogP contribution is 2.25. The summed E-state index contributed by atoms with van der Waals surface area (Å²) >= 11 is 0. The van der Waals surface area contributed by atoms with Crippen molar-refractivity contribution >= 4 is 11.6 Å². The summed E-state index contributed by atoms with van der Waals surface area (Å²) in [6.45, 7) is 8.49. The van der Waals surface area contributed by atoms with E-state index >= 15 is 0 Å². The molecule has 0 aliphatic rings. The predicted molar refractivity (Wildman–Crippen MR) is 95.0 cm³/mol. The molecule has 122 valence electrons. The molecule has 0 aromatic heterocycles. The van der Waals surface area contributed by atoms with E-state index in [4.69, 9.17) is 4.74 Å². The minimum Gasteiger partial charge on any atom is -0.489 e. The SMILES string of the molecule is CCC(=O)Nc1c(C)cccc1COc1ccc(CC)cc1C. The van der Waals surface area contributed by atoms with Gasteiger partial charge in [0.2, 0.25) is 5.91 Å². The van der Waals surface area contributed by atoms with Crippen LogP contribution in [-0.2, 0) is 17.8 Å². The quantitative estimate of drug-likeness (QED) is 0.832. The maximum atomic E-state index is 11.7. The first kappa shape index (κ1) is 17.1. The number of para-hydroxylation sites is 1. The van der Waals surface area contributed by atoms with Crippen molar-refractivity contribution in [1.29, 1.82) is 0 Å². The van der Waals surface area contributed by atoms with E-state index in [0.29, 0.717) is 13.0 Å². The monoisotopic (exact) mass is 311 g/mol. The molecule has 0 bridgehead atoms. The minimum atomic E-state index is 0.0176. The lowest BCUT2D eigenvalue weighted by Crippen LogP contribution is -2.13. The summed E-state index contributed by atoms with van der Waals surface area (Å²) in [5, 5.41) is 2.98. The first-order chi connectivity index (χ1) is 11.0. The molecule has 23 heavy (non-hydrogen) atoms. The smallest absolute Gasteiger partial charge is 0.224 e. The summed E-state index contributed by atoms with van der Waals surface area (Å²) in [7, 11) is 0. The van der Waals surface area contributed by atoms with Crippen molar-refractivity contribution in [3.05, 3.63) is 58.7 Å². The van der Waals surface area contributed by atoms with E-state index < -0.39 is 0 Å². The zero-order valence-electron chi connectivity index (χ0n) is 14.4. The number of nitrogens with one attached hydrogen (secondary N) is 1. The number of rotatable bonds is 6. The number of carbonyl (C=O) groups is 1. The third-order valence-electron chi connectivity index (χ3n) is 3.98. The first-order valence-corrected chi connectivity index (χ1v) is 8.15. The van der Waals surface area contributed by atoms with Crippen LogP contribution in [0.5, 0.6) is 5.75 Å². The molecule has 2 rings (SSSR count). The number of hydrogen-bond acceptors (Lipinski definition) is 2. The average molecular weight is 311 g/mol. The Bertz CT molecular complexity index is 692. The number of carbonyl (C=O) groups excluding carboxylic acids is 1. The molecule has 0 heterocycles. The standard InChI is InChI=1S/C20H25NO2/c1-5-16-10-11-18(15(4)12-16)23-13-17-9-7-8-14(3)20(17)21-19(22)6-2/h7-12H,5-6,13H2,1-4H3,(H,21,22). The molecule has 1 amide bonds. The van der Waals surface area contributed by atoms with E-state index in [0.717, 1.165) is 34.5 Å². The van der Waals surface area contributed by atoms with Gasteiger partial charge in [-0.2, -0.15) is 0 Å². The van der Waals surface area contributed by atoms with E-state index in [2.05, 4.69) is 31.3 Å². The Kier molecular flexibility index (Phi) is 5.80. The molecular weight excluding hydrogens is 286 g/mol. The van der Waals surface area contributed by atoms with Gasteiger partial charge in [0.05, 0.1) is 5.69 Å². The molecule has 0 atom stereocenters. The summed E-state index contributed by atoms with van der Waals surface area (Å²) in [4.78, 5) is 11.7. The average Bonchev–Trinajstić information content (AvgIpc) is 2.56. The Morgan fingerprint density at radius 3 is 2.52 bits per heavy atom. The fraction of sp³-hybridized carbons (Fsp3) is 0.350. The maximum Gasteiger partial charge on any atom is 0.224 e. The predicted octanol–water partition coefficient (Wildman–Crippen LogP) is 4.79. The zero-order valence-corrected chi connectivity index (χ0v) is 14.4. The largest absolute Gasteiger partial charge is 0.489 e. The van der Waals surface area contributed by atoms with Crippen LogP contribution in [0.15, 0.2) is 36.4 Å². The molecule has 0 saturated carbocycles. The second-order valence-electron chi connectivity index (χ2n) is 5.75. The molecule has 0 radical (unpaired) electrons. The Morgan fingerprint density at radius 1 is 1.09 bits per heavy atom. The van der Waals surface area contributed by atoms with E-state index in [9.17, 15) is 4.79 Å². The summed E-state index contributed by atoms with van der Waals surface area (Å²) in [5.74, 6) is 0.903. The highest BCUT2D eigenvalue weighted by molar-refractivity contribution is 5.92. The third-order valence-corrected chi connectivity index (χ3v) is 3.98. The number of anilines is 1. The van der Waals surface area contributed by atoms with E-state index in [1.807, 2.05) is 38.1 Å². The van der Waals surface area contributed by atoms with Crippen LogP contribution in [0, 0.1) is 13.8 Å². The van der Waals surface area contributed by atoms with E-state index in [1.54, 1.807) is 0 Å². The van der Waals surface area contributed by atoms with Gasteiger partial charge in [-0.1, -0.05) is 44.2 Å². The van der Waals surface area contributed by atoms with Crippen LogP contribution in [0.25, 0.3) is 0 Å². The van der Waals surface area contributed by atoms with Gasteiger partial charge in [0.1, 0.15) is 12.4 Å². The molecule has 0 aliphatic carbocycles.